The van der Waals surface area contributed by atoms with Crippen molar-refractivity contribution in [3.05, 3.63) is 0 Å². The molecule has 0 saturated carbocycles. The molecule has 2 amide bonds. The van der Waals surface area contributed by atoms with Crippen LogP contribution in [0.4, 0.5) is 4.79 Å². The maximum absolute atomic E-state index is 10.7. The predicted molar refractivity (Wildman–Crippen MR) is 41.6 cm³/mol. The molecule has 0 aromatic rings. The lowest BCUT2D eigenvalue weighted by Gasteiger charge is -2.05. The van der Waals surface area contributed by atoms with E-state index >= 15 is 0 Å². The second-order valence-electron chi connectivity index (χ2n) is 2.67. The Morgan fingerprint density at radius 3 is 3.00 bits per heavy atom. The summed E-state index contributed by atoms with van der Waals surface area (Å²) in [5.74, 6) is -0.240. The van der Waals surface area contributed by atoms with Crippen LogP contribution in [-0.2, 0) is 9.53 Å². The molecule has 68 valence electrons. The van der Waals surface area contributed by atoms with Crippen molar-refractivity contribution in [1.29, 1.82) is 0 Å². The molecule has 1 fully saturated rings. The number of hydrogen-bond donors (Lipinski definition) is 2. The summed E-state index contributed by atoms with van der Waals surface area (Å²) in [5, 5.41) is 5.28. The van der Waals surface area contributed by atoms with E-state index in [1.165, 1.54) is 7.11 Å². The van der Waals surface area contributed by atoms with Crippen LogP contribution in [0.25, 0.3) is 0 Å². The maximum atomic E-state index is 10.7. The van der Waals surface area contributed by atoms with Gasteiger partial charge < -0.3 is 15.4 Å². The molecule has 1 atom stereocenters. The molecule has 0 aliphatic carbocycles. The van der Waals surface area contributed by atoms with Crippen LogP contribution >= 0.6 is 0 Å². The first-order chi connectivity index (χ1) is 5.72. The second-order valence-corrected chi connectivity index (χ2v) is 2.67. The van der Waals surface area contributed by atoms with Crippen molar-refractivity contribution >= 4 is 12.0 Å². The van der Waals surface area contributed by atoms with Crippen molar-refractivity contribution in [2.24, 2.45) is 0 Å². The van der Waals surface area contributed by atoms with Crippen LogP contribution in [0.3, 0.4) is 0 Å². The fourth-order valence-electron chi connectivity index (χ4n) is 1.07. The summed E-state index contributed by atoms with van der Waals surface area (Å²) in [5.41, 5.74) is 0. The Labute approximate surface area is 70.5 Å². The zero-order chi connectivity index (χ0) is 8.97. The molecule has 5 heteroatoms. The first kappa shape index (κ1) is 8.83. The van der Waals surface area contributed by atoms with Gasteiger partial charge in [0.25, 0.3) is 0 Å². The third kappa shape index (κ3) is 2.41. The average Bonchev–Trinajstić information content (AvgIpc) is 2.47. The summed E-state index contributed by atoms with van der Waals surface area (Å²) in [7, 11) is 1.35. The molecule has 0 spiro atoms. The summed E-state index contributed by atoms with van der Waals surface area (Å²) in [4.78, 5) is 21.3. The Hall–Kier alpha value is -1.26. The molecule has 12 heavy (non-hydrogen) atoms. The van der Waals surface area contributed by atoms with Crippen molar-refractivity contribution in [3.8, 4) is 0 Å². The first-order valence-corrected chi connectivity index (χ1v) is 3.83. The Morgan fingerprint density at radius 1 is 1.75 bits per heavy atom. The minimum Gasteiger partial charge on any atom is -0.469 e. The molecule has 2 N–H and O–H groups in total. The van der Waals surface area contributed by atoms with E-state index < -0.39 is 0 Å². The van der Waals surface area contributed by atoms with Gasteiger partial charge in [0.05, 0.1) is 7.11 Å². The molecular formula is C7H12N2O3. The molecular weight excluding hydrogens is 160 g/mol. The number of hydrogen-bond acceptors (Lipinski definition) is 3. The number of ether oxygens (including phenoxy) is 1. The average molecular weight is 172 g/mol. The number of carbonyl (C=O) groups excluding carboxylic acids is 2. The van der Waals surface area contributed by atoms with Gasteiger partial charge in [0.2, 0.25) is 0 Å². The lowest BCUT2D eigenvalue weighted by atomic mass is 10.2. The van der Waals surface area contributed by atoms with Crippen LogP contribution in [0.2, 0.25) is 0 Å². The van der Waals surface area contributed by atoms with Gasteiger partial charge in [0.1, 0.15) is 0 Å². The van der Waals surface area contributed by atoms with Crippen LogP contribution in [0, 0.1) is 0 Å². The maximum Gasteiger partial charge on any atom is 0.315 e. The van der Waals surface area contributed by atoms with Gasteiger partial charge in [-0.05, 0) is 6.42 Å². The van der Waals surface area contributed by atoms with Gasteiger partial charge >= 0.3 is 12.0 Å². The largest absolute Gasteiger partial charge is 0.469 e. The van der Waals surface area contributed by atoms with E-state index in [0.29, 0.717) is 19.4 Å². The van der Waals surface area contributed by atoms with Crippen LogP contribution < -0.4 is 10.6 Å². The smallest absolute Gasteiger partial charge is 0.315 e. The Bertz CT molecular complexity index is 193. The third-order valence-corrected chi connectivity index (χ3v) is 1.77. The molecule has 1 aliphatic rings. The van der Waals surface area contributed by atoms with Gasteiger partial charge in [0, 0.05) is 19.0 Å². The highest BCUT2D eigenvalue weighted by molar-refractivity contribution is 5.76. The van der Waals surface area contributed by atoms with Crippen LogP contribution in [-0.4, -0.2) is 31.7 Å². The Morgan fingerprint density at radius 2 is 2.50 bits per heavy atom. The molecule has 1 saturated heterocycles. The van der Waals surface area contributed by atoms with Gasteiger partial charge in [0.15, 0.2) is 0 Å². The summed E-state index contributed by atoms with van der Waals surface area (Å²) in [6.45, 7) is 0.593. The highest BCUT2D eigenvalue weighted by Gasteiger charge is 2.20. The van der Waals surface area contributed by atoms with Crippen molar-refractivity contribution in [3.63, 3.8) is 0 Å². The fourth-order valence-corrected chi connectivity index (χ4v) is 1.07. The molecule has 1 aliphatic heterocycles. The van der Waals surface area contributed by atoms with Crippen molar-refractivity contribution < 1.29 is 14.3 Å². The van der Waals surface area contributed by atoms with E-state index in [1.54, 1.807) is 0 Å². The SMILES string of the molecule is COC(=O)CCC1CNC(=O)N1. The number of amides is 2. The van der Waals surface area contributed by atoms with Crippen LogP contribution in [0.5, 0.6) is 0 Å². The van der Waals surface area contributed by atoms with Crippen molar-refractivity contribution in [2.45, 2.75) is 18.9 Å². The van der Waals surface area contributed by atoms with Gasteiger partial charge in [-0.1, -0.05) is 0 Å². The summed E-state index contributed by atoms with van der Waals surface area (Å²) >= 11 is 0. The number of esters is 1. The lowest BCUT2D eigenvalue weighted by Crippen LogP contribution is -2.27. The lowest BCUT2D eigenvalue weighted by molar-refractivity contribution is -0.140. The number of urea groups is 1. The topological polar surface area (TPSA) is 67.4 Å². The number of carbonyl (C=O) groups is 2. The summed E-state index contributed by atoms with van der Waals surface area (Å²) in [6.07, 6.45) is 0.981. The fraction of sp³-hybridized carbons (Fsp3) is 0.714. The third-order valence-electron chi connectivity index (χ3n) is 1.77. The number of methoxy groups -OCH3 is 1. The standard InChI is InChI=1S/C7H12N2O3/c1-12-6(10)3-2-5-4-8-7(11)9-5/h5H,2-4H2,1H3,(H2,8,9,11). The van der Waals surface area contributed by atoms with E-state index in [2.05, 4.69) is 15.4 Å². The minimum atomic E-state index is -0.240. The van der Waals surface area contributed by atoms with Gasteiger partial charge in [-0.25, -0.2) is 4.79 Å². The molecule has 0 radical (unpaired) electrons. The first-order valence-electron chi connectivity index (χ1n) is 3.83. The molecule has 5 nitrogen and oxygen atoms in total. The molecule has 1 heterocycles. The zero-order valence-electron chi connectivity index (χ0n) is 6.92. The van der Waals surface area contributed by atoms with E-state index in [4.69, 9.17) is 0 Å². The predicted octanol–water partition coefficient (Wildman–Crippen LogP) is -0.379. The van der Waals surface area contributed by atoms with Crippen molar-refractivity contribution in [2.75, 3.05) is 13.7 Å². The quantitative estimate of drug-likeness (QED) is 0.570. The summed E-state index contributed by atoms with van der Waals surface area (Å²) < 4.78 is 4.46. The Kier molecular flexibility index (Phi) is 2.90. The minimum absolute atomic E-state index is 0.0663. The highest BCUT2D eigenvalue weighted by atomic mass is 16.5. The van der Waals surface area contributed by atoms with E-state index in [1.807, 2.05) is 0 Å². The summed E-state index contributed by atoms with van der Waals surface area (Å²) in [6, 6.07) is -0.0959. The van der Waals surface area contributed by atoms with E-state index in [9.17, 15) is 9.59 Å². The highest BCUT2D eigenvalue weighted by Crippen LogP contribution is 2.01. The van der Waals surface area contributed by atoms with Gasteiger partial charge in [-0.3, -0.25) is 4.79 Å². The van der Waals surface area contributed by atoms with E-state index in [0.717, 1.165) is 0 Å². The molecule has 1 rings (SSSR count). The zero-order valence-corrected chi connectivity index (χ0v) is 6.92. The molecule has 1 unspecified atom stereocenters. The number of rotatable bonds is 3. The molecule has 0 bridgehead atoms. The molecule has 0 aromatic carbocycles. The van der Waals surface area contributed by atoms with Gasteiger partial charge in [-0.2, -0.15) is 0 Å². The Balaban J connectivity index is 2.16. The van der Waals surface area contributed by atoms with Crippen LogP contribution in [0.15, 0.2) is 0 Å². The monoisotopic (exact) mass is 172 g/mol. The van der Waals surface area contributed by atoms with E-state index in [-0.39, 0.29) is 18.0 Å². The van der Waals surface area contributed by atoms with Gasteiger partial charge in [-0.15, -0.1) is 0 Å². The van der Waals surface area contributed by atoms with Crippen LogP contribution in [0.1, 0.15) is 12.8 Å². The molecule has 0 aromatic heterocycles. The normalized spacial score (nSPS) is 21.4. The van der Waals surface area contributed by atoms with Crippen molar-refractivity contribution in [1.82, 2.24) is 10.6 Å². The number of nitrogens with one attached hydrogen (secondary N) is 2. The second kappa shape index (κ2) is 3.94.